The molecule has 4 heterocycles. The first-order valence-electron chi connectivity index (χ1n) is 17.1. The van der Waals surface area contributed by atoms with Crippen LogP contribution in [0.4, 0.5) is 0 Å². The molecule has 0 amide bonds. The molecule has 2 aromatic rings. The standard InChI is InChI=1S/C37H54P4/c1-23-8-9-24(2)38(23)33-16-14-30(20-36(33)39-25(3)10-11-26(39)4)19-31-15-17-34(41-29(7)18-32-22-35(32)41)37(21-31)40-27(5)12-13-28(40)6/h14-17,20-21,23-29,32,35H,8-13,18-19,22H2,1-7H3/t23-,24-,25-,26-,27+,28+,29+,32?,35+,41?/m1/s1. The van der Waals surface area contributed by atoms with Gasteiger partial charge in [-0.3, -0.25) is 0 Å². The van der Waals surface area contributed by atoms with E-state index in [4.69, 9.17) is 0 Å². The molecule has 4 aliphatic heterocycles. The molecule has 4 saturated heterocycles. The second-order valence-electron chi connectivity index (χ2n) is 14.9. The van der Waals surface area contributed by atoms with E-state index in [9.17, 15) is 0 Å². The van der Waals surface area contributed by atoms with Crippen LogP contribution < -0.4 is 21.2 Å². The van der Waals surface area contributed by atoms with Crippen molar-refractivity contribution in [3.05, 3.63) is 47.5 Å². The van der Waals surface area contributed by atoms with E-state index >= 15 is 0 Å². The number of hydrogen-bond acceptors (Lipinski definition) is 0. The van der Waals surface area contributed by atoms with Crippen LogP contribution in [0.2, 0.25) is 0 Å². The van der Waals surface area contributed by atoms with E-state index in [1.54, 1.807) is 11.1 Å². The zero-order chi connectivity index (χ0) is 28.6. The van der Waals surface area contributed by atoms with Gasteiger partial charge in [0.1, 0.15) is 0 Å². The van der Waals surface area contributed by atoms with Crippen LogP contribution in [0.15, 0.2) is 36.4 Å². The highest BCUT2D eigenvalue weighted by molar-refractivity contribution is 7.74. The molecule has 5 aliphatic rings. The van der Waals surface area contributed by atoms with E-state index in [1.165, 1.54) is 51.4 Å². The van der Waals surface area contributed by atoms with Gasteiger partial charge in [0.15, 0.2) is 0 Å². The fourth-order valence-corrected chi connectivity index (χ4v) is 24.5. The van der Waals surface area contributed by atoms with Crippen molar-refractivity contribution >= 4 is 52.9 Å². The Kier molecular flexibility index (Phi) is 8.61. The molecule has 41 heavy (non-hydrogen) atoms. The summed E-state index contributed by atoms with van der Waals surface area (Å²) in [5, 5.41) is 7.37. The minimum absolute atomic E-state index is 0.0244. The highest BCUT2D eigenvalue weighted by Crippen LogP contribution is 2.69. The second kappa shape index (κ2) is 11.8. The molecular weight excluding hydrogens is 568 g/mol. The summed E-state index contributed by atoms with van der Waals surface area (Å²) in [6.07, 6.45) is 12.8. The van der Waals surface area contributed by atoms with Crippen molar-refractivity contribution < 1.29 is 0 Å². The Balaban J connectivity index is 1.25. The van der Waals surface area contributed by atoms with Gasteiger partial charge in [-0.15, -0.1) is 0 Å². The Bertz CT molecular complexity index is 1160. The van der Waals surface area contributed by atoms with Gasteiger partial charge in [0.25, 0.3) is 0 Å². The van der Waals surface area contributed by atoms with Crippen LogP contribution in [0.5, 0.6) is 0 Å². The maximum absolute atomic E-state index is 2.77. The lowest BCUT2D eigenvalue weighted by Crippen LogP contribution is -2.30. The van der Waals surface area contributed by atoms with Crippen molar-refractivity contribution in [1.82, 2.24) is 0 Å². The topological polar surface area (TPSA) is 0 Å². The Morgan fingerprint density at radius 3 is 1.24 bits per heavy atom. The Labute approximate surface area is 257 Å². The first-order valence-corrected chi connectivity index (χ1v) is 23.0. The van der Waals surface area contributed by atoms with E-state index in [2.05, 4.69) is 84.9 Å². The third-order valence-electron chi connectivity index (χ3n) is 11.8. The zero-order valence-electron chi connectivity index (χ0n) is 26.8. The molecule has 0 N–H and O–H groups in total. The van der Waals surface area contributed by atoms with E-state index in [1.807, 2.05) is 21.2 Å². The maximum Gasteiger partial charge on any atom is -0.00253 e. The monoisotopic (exact) mass is 622 g/mol. The van der Waals surface area contributed by atoms with Crippen molar-refractivity contribution in [2.24, 2.45) is 5.92 Å². The van der Waals surface area contributed by atoms with Crippen molar-refractivity contribution in [3.8, 4) is 0 Å². The molecule has 0 spiro atoms. The van der Waals surface area contributed by atoms with Gasteiger partial charge in [0.05, 0.1) is 0 Å². The number of hydrogen-bond donors (Lipinski definition) is 0. The third-order valence-corrected chi connectivity index (χ3v) is 25.7. The van der Waals surface area contributed by atoms with Gasteiger partial charge in [-0.25, -0.2) is 0 Å². The molecule has 1 saturated carbocycles. The summed E-state index contributed by atoms with van der Waals surface area (Å²) in [7, 11) is -0.0626. The van der Waals surface area contributed by atoms with Crippen LogP contribution >= 0.6 is 31.7 Å². The second-order valence-corrected chi connectivity index (χ2v) is 26.9. The van der Waals surface area contributed by atoms with Crippen LogP contribution in [0.1, 0.15) is 111 Å². The zero-order valence-corrected chi connectivity index (χ0v) is 30.4. The van der Waals surface area contributed by atoms with Gasteiger partial charge in [-0.05, 0) is 141 Å². The molecule has 1 aliphatic carbocycles. The molecule has 4 heteroatoms. The first-order chi connectivity index (χ1) is 19.7. The summed E-state index contributed by atoms with van der Waals surface area (Å²) in [4.78, 5) is 0. The molecule has 0 aromatic heterocycles. The number of fused-ring (bicyclic) bond motifs is 1. The fourth-order valence-electron chi connectivity index (χ4n) is 9.57. The average Bonchev–Trinajstić information content (AvgIpc) is 3.13. The largest absolute Gasteiger partial charge is 0.0688 e. The summed E-state index contributed by atoms with van der Waals surface area (Å²) in [6, 6.07) is 16.0. The van der Waals surface area contributed by atoms with Gasteiger partial charge in [-0.1, -0.05) is 117 Å². The quantitative estimate of drug-likeness (QED) is 0.282. The van der Waals surface area contributed by atoms with Gasteiger partial charge >= 0.3 is 0 Å². The van der Waals surface area contributed by atoms with E-state index < -0.39 is 0 Å². The van der Waals surface area contributed by atoms with Crippen LogP contribution in [-0.2, 0) is 6.42 Å². The summed E-state index contributed by atoms with van der Waals surface area (Å²) in [5.41, 5.74) is 10.5. The number of benzene rings is 2. The van der Waals surface area contributed by atoms with Gasteiger partial charge in [-0.2, -0.15) is 0 Å². The van der Waals surface area contributed by atoms with Gasteiger partial charge in [0.2, 0.25) is 0 Å². The average molecular weight is 623 g/mol. The highest BCUT2D eigenvalue weighted by atomic mass is 31.1. The first kappa shape index (κ1) is 29.8. The normalized spacial score (nSPS) is 39.6. The minimum Gasteiger partial charge on any atom is -0.0688 e. The smallest absolute Gasteiger partial charge is 0.00253 e. The predicted molar refractivity (Wildman–Crippen MR) is 192 cm³/mol. The molecule has 2 unspecified atom stereocenters. The SMILES string of the molecule is C[C@@H]1CC[C@@H](C)P1c1ccc(Cc2ccc(P3[C@@H](C)CC4C[C@@H]43)c(P3[C@@H](C)CC[C@@H]3C)c2)cc1P1[C@H](C)CC[C@H]1C. The summed E-state index contributed by atoms with van der Waals surface area (Å²) >= 11 is 0. The van der Waals surface area contributed by atoms with Gasteiger partial charge in [0, 0.05) is 0 Å². The molecule has 0 radical (unpaired) electrons. The molecule has 0 nitrogen and oxygen atoms in total. The molecule has 7 rings (SSSR count). The number of rotatable bonds is 6. The van der Waals surface area contributed by atoms with E-state index in [0.29, 0.717) is 0 Å². The summed E-state index contributed by atoms with van der Waals surface area (Å²) < 4.78 is 0. The molecule has 10 atom stereocenters. The predicted octanol–water partition coefficient (Wildman–Crippen LogP) is 9.60. The van der Waals surface area contributed by atoms with Gasteiger partial charge < -0.3 is 0 Å². The third kappa shape index (κ3) is 5.50. The van der Waals surface area contributed by atoms with E-state index in [0.717, 1.165) is 57.6 Å². The molecular formula is C37H54P4. The van der Waals surface area contributed by atoms with Crippen LogP contribution in [0.25, 0.3) is 0 Å². The summed E-state index contributed by atoms with van der Waals surface area (Å²) in [6.45, 7) is 18.0. The minimum atomic E-state index is -0.0489. The fraction of sp³-hybridized carbons (Fsp3) is 0.676. The maximum atomic E-state index is 2.77. The Morgan fingerprint density at radius 2 is 0.854 bits per heavy atom. The van der Waals surface area contributed by atoms with Crippen LogP contribution in [-0.4, -0.2) is 45.3 Å². The lowest BCUT2D eigenvalue weighted by molar-refractivity contribution is 0.747. The van der Waals surface area contributed by atoms with Crippen molar-refractivity contribution in [2.75, 3.05) is 0 Å². The Morgan fingerprint density at radius 1 is 0.463 bits per heavy atom. The summed E-state index contributed by atoms with van der Waals surface area (Å²) in [5.74, 6) is 1.07. The van der Waals surface area contributed by atoms with Crippen molar-refractivity contribution in [3.63, 3.8) is 0 Å². The van der Waals surface area contributed by atoms with Crippen LogP contribution in [0.3, 0.4) is 0 Å². The molecule has 222 valence electrons. The Hall–Kier alpha value is 0.160. The van der Waals surface area contributed by atoms with E-state index in [-0.39, 0.29) is 31.7 Å². The lowest BCUT2D eigenvalue weighted by atomic mass is 10.1. The van der Waals surface area contributed by atoms with Crippen molar-refractivity contribution in [1.29, 1.82) is 0 Å². The molecule has 0 bridgehead atoms. The van der Waals surface area contributed by atoms with Crippen molar-refractivity contribution in [2.45, 2.75) is 152 Å². The highest BCUT2D eigenvalue weighted by Gasteiger charge is 2.53. The molecule has 5 fully saturated rings. The lowest BCUT2D eigenvalue weighted by Gasteiger charge is -2.31. The molecule has 2 aromatic carbocycles. The van der Waals surface area contributed by atoms with Crippen LogP contribution in [0, 0.1) is 5.92 Å².